The van der Waals surface area contributed by atoms with E-state index in [0.29, 0.717) is 29.2 Å². The van der Waals surface area contributed by atoms with Crippen molar-refractivity contribution < 1.29 is 33.6 Å². The number of cyclic esters (lactones) is 1. The highest BCUT2D eigenvalue weighted by atomic mass is 16.5. The number of aliphatic hydroxyl groups excluding tert-OH is 1. The van der Waals surface area contributed by atoms with Gasteiger partial charge in [0.1, 0.15) is 5.75 Å². The zero-order valence-electron chi connectivity index (χ0n) is 17.0. The molecule has 1 aliphatic rings. The summed E-state index contributed by atoms with van der Waals surface area (Å²) in [4.78, 5) is 12.5. The van der Waals surface area contributed by atoms with Crippen molar-refractivity contribution >= 4 is 5.97 Å². The third kappa shape index (κ3) is 4.24. The molecule has 0 aliphatic carbocycles. The van der Waals surface area contributed by atoms with Crippen molar-refractivity contribution in [3.63, 3.8) is 0 Å². The van der Waals surface area contributed by atoms with Crippen molar-refractivity contribution in [2.24, 2.45) is 11.8 Å². The van der Waals surface area contributed by atoms with E-state index in [1.54, 1.807) is 19.2 Å². The van der Waals surface area contributed by atoms with Gasteiger partial charge in [0.25, 0.3) is 0 Å². The van der Waals surface area contributed by atoms with Crippen LogP contribution < -0.4 is 18.9 Å². The molecule has 0 saturated carbocycles. The molecular weight excluding hydrogens is 376 g/mol. The van der Waals surface area contributed by atoms with Crippen LogP contribution in [-0.2, 0) is 16.0 Å². The first kappa shape index (κ1) is 20.8. The zero-order chi connectivity index (χ0) is 21.0. The second-order valence-corrected chi connectivity index (χ2v) is 6.88. The summed E-state index contributed by atoms with van der Waals surface area (Å²) in [6.45, 7) is 0.252. The molecule has 0 amide bonds. The molecule has 0 bridgehead atoms. The minimum Gasteiger partial charge on any atom is -0.497 e. The first-order valence-corrected chi connectivity index (χ1v) is 9.29. The van der Waals surface area contributed by atoms with Crippen LogP contribution in [0.15, 0.2) is 36.4 Å². The molecule has 2 aromatic carbocycles. The number of carbonyl (C=O) groups is 1. The standard InChI is InChI=1S/C22H26O7/c1-25-16-7-5-6-13(9-16)8-15-12-29-22(24)19(15)20(23)14-10-17(26-2)21(28-4)18(11-14)27-3/h5-7,9-11,15,19-20,23H,8,12H2,1-4H3. The van der Waals surface area contributed by atoms with Gasteiger partial charge < -0.3 is 28.8 Å². The number of hydrogen-bond acceptors (Lipinski definition) is 7. The smallest absolute Gasteiger partial charge is 0.312 e. The molecule has 7 heteroatoms. The summed E-state index contributed by atoms with van der Waals surface area (Å²) in [5.74, 6) is 0.697. The quantitative estimate of drug-likeness (QED) is 0.680. The average molecular weight is 402 g/mol. The molecular formula is C22H26O7. The monoisotopic (exact) mass is 402 g/mol. The Morgan fingerprint density at radius 2 is 1.72 bits per heavy atom. The van der Waals surface area contributed by atoms with Gasteiger partial charge >= 0.3 is 5.97 Å². The number of ether oxygens (including phenoxy) is 5. The molecule has 3 rings (SSSR count). The molecule has 0 spiro atoms. The van der Waals surface area contributed by atoms with Gasteiger partial charge in [0, 0.05) is 5.92 Å². The third-order valence-electron chi connectivity index (χ3n) is 5.22. The number of aliphatic hydroxyl groups is 1. The maximum atomic E-state index is 12.5. The van der Waals surface area contributed by atoms with Crippen molar-refractivity contribution in [1.29, 1.82) is 0 Å². The number of methoxy groups -OCH3 is 4. The maximum absolute atomic E-state index is 12.5. The lowest BCUT2D eigenvalue weighted by Gasteiger charge is -2.23. The highest BCUT2D eigenvalue weighted by molar-refractivity contribution is 5.76. The van der Waals surface area contributed by atoms with Crippen LogP contribution in [0.25, 0.3) is 0 Å². The largest absolute Gasteiger partial charge is 0.497 e. The molecule has 156 valence electrons. The number of hydrogen-bond donors (Lipinski definition) is 1. The van der Waals surface area contributed by atoms with Gasteiger partial charge in [0.2, 0.25) is 5.75 Å². The predicted octanol–water partition coefficient (Wildman–Crippen LogP) is 2.79. The Kier molecular flexibility index (Phi) is 6.49. The molecule has 1 heterocycles. The normalized spacial score (nSPS) is 19.4. The maximum Gasteiger partial charge on any atom is 0.312 e. The number of esters is 1. The van der Waals surface area contributed by atoms with Gasteiger partial charge in [-0.05, 0) is 41.8 Å². The molecule has 1 fully saturated rings. The van der Waals surface area contributed by atoms with E-state index in [1.165, 1.54) is 21.3 Å². The van der Waals surface area contributed by atoms with Gasteiger partial charge in [-0.25, -0.2) is 0 Å². The zero-order valence-corrected chi connectivity index (χ0v) is 17.0. The van der Waals surface area contributed by atoms with E-state index in [0.717, 1.165) is 11.3 Å². The molecule has 0 radical (unpaired) electrons. The van der Waals surface area contributed by atoms with Crippen molar-refractivity contribution in [2.75, 3.05) is 35.0 Å². The van der Waals surface area contributed by atoms with Gasteiger partial charge in [0.05, 0.1) is 47.1 Å². The highest BCUT2D eigenvalue weighted by Gasteiger charge is 2.42. The fraction of sp³-hybridized carbons (Fsp3) is 0.409. The Bertz CT molecular complexity index is 839. The summed E-state index contributed by atoms with van der Waals surface area (Å²) in [5, 5.41) is 11.1. The van der Waals surface area contributed by atoms with Crippen LogP contribution in [0.1, 0.15) is 17.2 Å². The Morgan fingerprint density at radius 3 is 2.31 bits per heavy atom. The van der Waals surface area contributed by atoms with Crippen LogP contribution in [-0.4, -0.2) is 46.1 Å². The molecule has 29 heavy (non-hydrogen) atoms. The van der Waals surface area contributed by atoms with Crippen molar-refractivity contribution in [3.05, 3.63) is 47.5 Å². The fourth-order valence-corrected chi connectivity index (χ4v) is 3.74. The van der Waals surface area contributed by atoms with E-state index in [2.05, 4.69) is 0 Å². The van der Waals surface area contributed by atoms with Crippen LogP contribution in [0.2, 0.25) is 0 Å². The lowest BCUT2D eigenvalue weighted by molar-refractivity contribution is -0.144. The Hall–Kier alpha value is -2.93. The van der Waals surface area contributed by atoms with Gasteiger partial charge in [-0.3, -0.25) is 4.79 Å². The van der Waals surface area contributed by atoms with Crippen LogP contribution >= 0.6 is 0 Å². The van der Waals surface area contributed by atoms with E-state index in [-0.39, 0.29) is 12.5 Å². The summed E-state index contributed by atoms with van der Waals surface area (Å²) >= 11 is 0. The van der Waals surface area contributed by atoms with E-state index in [9.17, 15) is 9.90 Å². The fourth-order valence-electron chi connectivity index (χ4n) is 3.74. The molecule has 7 nitrogen and oxygen atoms in total. The number of carbonyl (C=O) groups excluding carboxylic acids is 1. The summed E-state index contributed by atoms with van der Waals surface area (Å²) in [7, 11) is 6.12. The highest BCUT2D eigenvalue weighted by Crippen LogP contribution is 2.43. The van der Waals surface area contributed by atoms with Gasteiger partial charge in [-0.15, -0.1) is 0 Å². The topological polar surface area (TPSA) is 83.5 Å². The average Bonchev–Trinajstić information content (AvgIpc) is 3.11. The second kappa shape index (κ2) is 9.05. The van der Waals surface area contributed by atoms with E-state index in [4.69, 9.17) is 23.7 Å². The van der Waals surface area contributed by atoms with E-state index < -0.39 is 18.0 Å². The first-order chi connectivity index (χ1) is 14.0. The minimum atomic E-state index is -1.07. The van der Waals surface area contributed by atoms with Crippen molar-refractivity contribution in [1.82, 2.24) is 0 Å². The van der Waals surface area contributed by atoms with Gasteiger partial charge in [0.15, 0.2) is 11.5 Å². The molecule has 0 aromatic heterocycles. The lowest BCUT2D eigenvalue weighted by Crippen LogP contribution is -2.25. The Labute approximate surface area is 170 Å². The Balaban J connectivity index is 1.89. The van der Waals surface area contributed by atoms with Crippen LogP contribution in [0.4, 0.5) is 0 Å². The van der Waals surface area contributed by atoms with Gasteiger partial charge in [-0.1, -0.05) is 12.1 Å². The predicted molar refractivity (Wildman–Crippen MR) is 106 cm³/mol. The van der Waals surface area contributed by atoms with Gasteiger partial charge in [-0.2, -0.15) is 0 Å². The van der Waals surface area contributed by atoms with E-state index in [1.807, 2.05) is 24.3 Å². The molecule has 2 aromatic rings. The van der Waals surface area contributed by atoms with Crippen LogP contribution in [0.3, 0.4) is 0 Å². The van der Waals surface area contributed by atoms with E-state index >= 15 is 0 Å². The SMILES string of the molecule is COc1cccc(CC2COC(=O)C2C(O)c2cc(OC)c(OC)c(OC)c2)c1. The number of rotatable bonds is 8. The lowest BCUT2D eigenvalue weighted by atomic mass is 9.83. The molecule has 1 saturated heterocycles. The first-order valence-electron chi connectivity index (χ1n) is 9.29. The molecule has 1 N–H and O–H groups in total. The summed E-state index contributed by atoms with van der Waals surface area (Å²) in [5.41, 5.74) is 1.51. The molecule has 3 unspecified atom stereocenters. The molecule has 3 atom stereocenters. The second-order valence-electron chi connectivity index (χ2n) is 6.88. The Morgan fingerprint density at radius 1 is 1.03 bits per heavy atom. The molecule has 1 aliphatic heterocycles. The number of benzene rings is 2. The van der Waals surface area contributed by atoms with Crippen LogP contribution in [0.5, 0.6) is 23.0 Å². The minimum absolute atomic E-state index is 0.177. The third-order valence-corrected chi connectivity index (χ3v) is 5.22. The summed E-state index contributed by atoms with van der Waals surface area (Å²) in [6, 6.07) is 11.0. The summed E-state index contributed by atoms with van der Waals surface area (Å²) < 4.78 is 26.6. The van der Waals surface area contributed by atoms with Crippen LogP contribution in [0, 0.1) is 11.8 Å². The van der Waals surface area contributed by atoms with Crippen molar-refractivity contribution in [3.8, 4) is 23.0 Å². The summed E-state index contributed by atoms with van der Waals surface area (Å²) in [6.07, 6.45) is -0.496. The van der Waals surface area contributed by atoms with Crippen molar-refractivity contribution in [2.45, 2.75) is 12.5 Å².